The van der Waals surface area contributed by atoms with E-state index in [2.05, 4.69) is 0 Å². The van der Waals surface area contributed by atoms with E-state index in [1.165, 1.54) is 0 Å². The fourth-order valence-corrected chi connectivity index (χ4v) is 1.22. The van der Waals surface area contributed by atoms with Crippen LogP contribution in [0, 0.1) is 11.8 Å². The minimum absolute atomic E-state index is 0. The van der Waals surface area contributed by atoms with Crippen LogP contribution in [0.4, 0.5) is 0 Å². The molecule has 0 bridgehead atoms. The number of aliphatic carboxylic acids is 2. The molecule has 0 aromatic carbocycles. The molecule has 0 heterocycles. The molecule has 6 nitrogen and oxygen atoms in total. The van der Waals surface area contributed by atoms with E-state index in [9.17, 15) is 9.59 Å². The maximum absolute atomic E-state index is 10.1. The molecule has 0 aliphatic carbocycles. The Morgan fingerprint density at radius 2 is 1.05 bits per heavy atom. The summed E-state index contributed by atoms with van der Waals surface area (Å²) in [6.45, 7) is 7.79. The van der Waals surface area contributed by atoms with Crippen LogP contribution < -0.4 is 11.5 Å². The molecule has 6 N–H and O–H groups in total. The van der Waals surface area contributed by atoms with Gasteiger partial charge in [0.1, 0.15) is 12.1 Å². The van der Waals surface area contributed by atoms with Gasteiger partial charge in [-0.2, -0.15) is 0 Å². The molecule has 19 heavy (non-hydrogen) atoms. The van der Waals surface area contributed by atoms with Gasteiger partial charge >= 0.3 is 11.9 Å². The van der Waals surface area contributed by atoms with Crippen molar-refractivity contribution in [1.29, 1.82) is 0 Å². The predicted molar refractivity (Wildman–Crippen MR) is 70.1 cm³/mol. The Kier molecular flexibility index (Phi) is 15.5. The molecule has 0 fully saturated rings. The minimum atomic E-state index is -0.913. The van der Waals surface area contributed by atoms with Crippen molar-refractivity contribution < 1.29 is 39.3 Å². The zero-order valence-corrected chi connectivity index (χ0v) is 15.3. The first-order chi connectivity index (χ1) is 8.07. The SMILES string of the molecule is CC(C)C[C@@H](N)C(=O)O.CC(C)C[C@@H](N)C(=O)O.[Zn]. The molecule has 7 heteroatoms. The number of carbonyl (C=O) groups is 2. The zero-order chi connectivity index (χ0) is 14.9. The fourth-order valence-electron chi connectivity index (χ4n) is 1.22. The van der Waals surface area contributed by atoms with Crippen LogP contribution in [0.1, 0.15) is 40.5 Å². The normalized spacial score (nSPS) is 13.1. The Hall–Kier alpha value is -0.517. The molecule has 0 rings (SSSR count). The molecule has 0 aromatic rings. The third-order valence-corrected chi connectivity index (χ3v) is 2.09. The molecule has 0 spiro atoms. The van der Waals surface area contributed by atoms with E-state index in [4.69, 9.17) is 21.7 Å². The number of hydrogen-bond donors (Lipinski definition) is 4. The second kappa shape index (κ2) is 12.5. The molecule has 0 amide bonds. The van der Waals surface area contributed by atoms with E-state index in [1.807, 2.05) is 27.7 Å². The second-order valence-corrected chi connectivity index (χ2v) is 5.15. The van der Waals surface area contributed by atoms with Gasteiger partial charge in [-0.1, -0.05) is 27.7 Å². The van der Waals surface area contributed by atoms with Crippen LogP contribution in [0.3, 0.4) is 0 Å². The van der Waals surface area contributed by atoms with Crippen molar-refractivity contribution in [2.45, 2.75) is 52.6 Å². The molecule has 0 aliphatic rings. The minimum Gasteiger partial charge on any atom is -0.480 e. The van der Waals surface area contributed by atoms with E-state index in [-0.39, 0.29) is 19.5 Å². The van der Waals surface area contributed by atoms with Gasteiger partial charge in [-0.3, -0.25) is 9.59 Å². The van der Waals surface area contributed by atoms with Crippen molar-refractivity contribution in [3.63, 3.8) is 0 Å². The summed E-state index contributed by atoms with van der Waals surface area (Å²) in [4.78, 5) is 20.2. The summed E-state index contributed by atoms with van der Waals surface area (Å²) in [5, 5.41) is 16.6. The Morgan fingerprint density at radius 1 is 0.842 bits per heavy atom. The molecule has 0 aliphatic heterocycles. The summed E-state index contributed by atoms with van der Waals surface area (Å²) in [6, 6.07) is -1.38. The standard InChI is InChI=1S/2C6H13NO2.Zn/c2*1-4(2)3-5(7)6(8)9;/h2*4-5H,3,7H2,1-2H3,(H,8,9);/t2*5-;/m11./s1. The van der Waals surface area contributed by atoms with Crippen molar-refractivity contribution in [3.05, 3.63) is 0 Å². The van der Waals surface area contributed by atoms with Crippen LogP contribution in [0.2, 0.25) is 0 Å². The largest absolute Gasteiger partial charge is 0.480 e. The Balaban J connectivity index is -0.000000256. The molecular formula is C12H26N2O4Zn. The topological polar surface area (TPSA) is 127 Å². The zero-order valence-electron chi connectivity index (χ0n) is 12.3. The van der Waals surface area contributed by atoms with Crippen molar-refractivity contribution in [1.82, 2.24) is 0 Å². The van der Waals surface area contributed by atoms with E-state index in [0.29, 0.717) is 24.7 Å². The first-order valence-electron chi connectivity index (χ1n) is 6.04. The van der Waals surface area contributed by atoms with Gasteiger partial charge in [0.05, 0.1) is 0 Å². The predicted octanol–water partition coefficient (Wildman–Crippen LogP) is 0.886. The van der Waals surface area contributed by atoms with Crippen LogP contribution in [0.5, 0.6) is 0 Å². The number of carboxylic acids is 2. The fraction of sp³-hybridized carbons (Fsp3) is 0.833. The van der Waals surface area contributed by atoms with Gasteiger partial charge in [0.2, 0.25) is 0 Å². The van der Waals surface area contributed by atoms with Crippen molar-refractivity contribution in [2.24, 2.45) is 23.3 Å². The van der Waals surface area contributed by atoms with E-state index >= 15 is 0 Å². The van der Waals surface area contributed by atoms with Crippen molar-refractivity contribution >= 4 is 11.9 Å². The van der Waals surface area contributed by atoms with E-state index in [1.54, 1.807) is 0 Å². The Morgan fingerprint density at radius 3 is 1.11 bits per heavy atom. The maximum atomic E-state index is 10.1. The summed E-state index contributed by atoms with van der Waals surface area (Å²) in [7, 11) is 0. The van der Waals surface area contributed by atoms with Gasteiger partial charge in [-0.05, 0) is 24.7 Å². The Labute approximate surface area is 127 Å². The number of hydrogen-bond acceptors (Lipinski definition) is 4. The van der Waals surface area contributed by atoms with Crippen molar-refractivity contribution in [2.75, 3.05) is 0 Å². The van der Waals surface area contributed by atoms with E-state index < -0.39 is 24.0 Å². The first-order valence-corrected chi connectivity index (χ1v) is 6.04. The molecule has 0 radical (unpaired) electrons. The average Bonchev–Trinajstić information content (AvgIpc) is 2.16. The third kappa shape index (κ3) is 17.5. The van der Waals surface area contributed by atoms with Crippen LogP contribution in [0.15, 0.2) is 0 Å². The third-order valence-electron chi connectivity index (χ3n) is 2.09. The first kappa shape index (κ1) is 23.6. The smallest absolute Gasteiger partial charge is 0.320 e. The second-order valence-electron chi connectivity index (χ2n) is 5.15. The number of nitrogens with two attached hydrogens (primary N) is 2. The van der Waals surface area contributed by atoms with Crippen LogP contribution in [0.25, 0.3) is 0 Å². The molecule has 0 saturated heterocycles. The van der Waals surface area contributed by atoms with Gasteiger partial charge < -0.3 is 21.7 Å². The molecular weight excluding hydrogens is 302 g/mol. The summed E-state index contributed by atoms with van der Waals surface area (Å²) in [5.74, 6) is -1.11. The Bertz CT molecular complexity index is 234. The molecule has 110 valence electrons. The number of carboxylic acid groups (broad SMARTS) is 2. The monoisotopic (exact) mass is 326 g/mol. The number of rotatable bonds is 6. The van der Waals surface area contributed by atoms with Gasteiger partial charge in [0.25, 0.3) is 0 Å². The molecule has 2 atom stereocenters. The summed E-state index contributed by atoms with van der Waals surface area (Å²) < 4.78 is 0. The summed E-state index contributed by atoms with van der Waals surface area (Å²) in [5.41, 5.74) is 10.4. The van der Waals surface area contributed by atoms with Gasteiger partial charge in [0, 0.05) is 19.5 Å². The summed E-state index contributed by atoms with van der Waals surface area (Å²) in [6.07, 6.45) is 1.10. The van der Waals surface area contributed by atoms with Gasteiger partial charge in [-0.25, -0.2) is 0 Å². The molecule has 0 aromatic heterocycles. The van der Waals surface area contributed by atoms with Gasteiger partial charge in [0.15, 0.2) is 0 Å². The molecule has 0 saturated carbocycles. The van der Waals surface area contributed by atoms with E-state index in [0.717, 1.165) is 0 Å². The van der Waals surface area contributed by atoms with Crippen LogP contribution in [-0.4, -0.2) is 34.2 Å². The maximum Gasteiger partial charge on any atom is 0.320 e. The van der Waals surface area contributed by atoms with Crippen molar-refractivity contribution in [3.8, 4) is 0 Å². The molecule has 0 unspecified atom stereocenters. The average molecular weight is 328 g/mol. The van der Waals surface area contributed by atoms with Crippen LogP contribution >= 0.6 is 0 Å². The van der Waals surface area contributed by atoms with Crippen LogP contribution in [-0.2, 0) is 29.1 Å². The quantitative estimate of drug-likeness (QED) is 0.536. The summed E-state index contributed by atoms with van der Waals surface area (Å²) >= 11 is 0. The van der Waals surface area contributed by atoms with Gasteiger partial charge in [-0.15, -0.1) is 0 Å².